The maximum absolute atomic E-state index is 13.5. The van der Waals surface area contributed by atoms with Crippen LogP contribution in [0.25, 0.3) is 0 Å². The van der Waals surface area contributed by atoms with Gasteiger partial charge in [-0.05, 0) is 62.8 Å². The Balaban J connectivity index is 0.989. The first-order chi connectivity index (χ1) is 24.1. The van der Waals surface area contributed by atoms with Crippen LogP contribution in [0.3, 0.4) is 0 Å². The zero-order valence-corrected chi connectivity index (χ0v) is 27.8. The maximum Gasteiger partial charge on any atom is 0.419 e. The number of pyridine rings is 1. The van der Waals surface area contributed by atoms with Crippen molar-refractivity contribution < 1.29 is 46.7 Å². The molecule has 0 saturated carbocycles. The lowest BCUT2D eigenvalue weighted by atomic mass is 9.95. The van der Waals surface area contributed by atoms with Gasteiger partial charge in [0.15, 0.2) is 0 Å². The summed E-state index contributed by atoms with van der Waals surface area (Å²) < 4.78 is 39.0. The van der Waals surface area contributed by atoms with Crippen molar-refractivity contribution in [2.45, 2.75) is 57.7 Å². The van der Waals surface area contributed by atoms with Crippen LogP contribution in [0.2, 0.25) is 5.15 Å². The van der Waals surface area contributed by atoms with Crippen molar-refractivity contribution in [2.24, 2.45) is 5.92 Å². The van der Waals surface area contributed by atoms with Crippen LogP contribution in [-0.4, -0.2) is 81.9 Å². The highest BCUT2D eigenvalue weighted by molar-refractivity contribution is 6.30. The normalized spacial score (nSPS) is 20.0. The second-order valence-electron chi connectivity index (χ2n) is 12.6. The van der Waals surface area contributed by atoms with Crippen LogP contribution >= 0.6 is 11.6 Å². The van der Waals surface area contributed by atoms with Gasteiger partial charge < -0.3 is 10.2 Å². The highest BCUT2D eigenvalue weighted by Crippen LogP contribution is 2.37. The van der Waals surface area contributed by atoms with Crippen molar-refractivity contribution in [2.75, 3.05) is 30.0 Å². The van der Waals surface area contributed by atoms with Gasteiger partial charge in [-0.25, -0.2) is 4.98 Å². The third-order valence-corrected chi connectivity index (χ3v) is 9.70. The van der Waals surface area contributed by atoms with E-state index in [-0.39, 0.29) is 65.6 Å². The largest absolute Gasteiger partial charge is 0.419 e. The predicted molar refractivity (Wildman–Crippen MR) is 173 cm³/mol. The van der Waals surface area contributed by atoms with Crippen molar-refractivity contribution in [1.29, 1.82) is 0 Å². The maximum atomic E-state index is 13.5. The first-order valence-corrected chi connectivity index (χ1v) is 16.5. The number of fused-ring (bicyclic) bond motifs is 1. The van der Waals surface area contributed by atoms with Gasteiger partial charge in [-0.3, -0.25) is 49.2 Å². The number of piperidine rings is 2. The second-order valence-corrected chi connectivity index (χ2v) is 12.9. The molecule has 0 bridgehead atoms. The predicted octanol–water partition coefficient (Wildman–Crippen LogP) is 2.98. The first kappa shape index (κ1) is 35.5. The average Bonchev–Trinajstić information content (AvgIpc) is 3.45. The number of hydrazine groups is 1. The standard InChI is InChI=1S/C33H31ClF3N7O7/c1-16-18(31(50)44(29(16)48)41-23-8-6-20(27(34)39-23)33(35,36)37)5-9-24(45)38-15-17-11-13-42(14-12-17)21-4-2-3-19-26(21)32(51)43(30(19)49)22-7-10-25(46)40-28(22)47/h2-4,6,8,17,22H,5,7,9-15H2,1H3,(H,38,45)(H,39,41)(H,40,46,47). The molecule has 3 N–H and O–H groups in total. The topological polar surface area (TPSA) is 178 Å². The van der Waals surface area contributed by atoms with E-state index in [1.807, 2.05) is 4.90 Å². The molecular formula is C33H31ClF3N7O7. The SMILES string of the molecule is CC1=C(CCC(=O)NCC2CCN(c3cccc4c3C(=O)N(C3CCC(=O)NC3=O)C4=O)CC2)C(=O)N(Nc2ccc(C(F)(F)F)c(Cl)n2)C1=O. The summed E-state index contributed by atoms with van der Waals surface area (Å²) >= 11 is 5.64. The molecule has 268 valence electrons. The van der Waals surface area contributed by atoms with Crippen molar-refractivity contribution in [1.82, 2.24) is 25.5 Å². The van der Waals surface area contributed by atoms with E-state index in [2.05, 4.69) is 21.0 Å². The summed E-state index contributed by atoms with van der Waals surface area (Å²) in [5.74, 6) is -4.30. The number of anilines is 2. The number of nitrogens with zero attached hydrogens (tertiary/aromatic N) is 4. The Morgan fingerprint density at radius 1 is 0.980 bits per heavy atom. The molecule has 1 atom stereocenters. The van der Waals surface area contributed by atoms with Gasteiger partial charge in [0.2, 0.25) is 17.7 Å². The number of alkyl halides is 3. The van der Waals surface area contributed by atoms with E-state index in [0.717, 1.165) is 11.0 Å². The zero-order chi connectivity index (χ0) is 36.8. The van der Waals surface area contributed by atoms with Crippen molar-refractivity contribution in [3.05, 3.63) is 63.3 Å². The van der Waals surface area contributed by atoms with Crippen LogP contribution in [-0.2, 0) is 30.1 Å². The molecule has 5 heterocycles. The molecule has 2 aromatic rings. The number of nitrogens with one attached hydrogen (secondary N) is 3. The minimum Gasteiger partial charge on any atom is -0.371 e. The highest BCUT2D eigenvalue weighted by Gasteiger charge is 2.46. The molecule has 2 fully saturated rings. The lowest BCUT2D eigenvalue weighted by Gasteiger charge is -2.34. The number of hydrogen-bond donors (Lipinski definition) is 3. The van der Waals surface area contributed by atoms with Crippen LogP contribution in [0, 0.1) is 5.92 Å². The van der Waals surface area contributed by atoms with Crippen LogP contribution in [0.5, 0.6) is 0 Å². The first-order valence-electron chi connectivity index (χ1n) is 16.1. The minimum absolute atomic E-state index is 0.0226. The lowest BCUT2D eigenvalue weighted by Crippen LogP contribution is -2.54. The fraction of sp³-hybridized carbons (Fsp3) is 0.394. The molecule has 0 spiro atoms. The number of aromatic nitrogens is 1. The number of hydrogen-bond acceptors (Lipinski definition) is 10. The number of halogens is 4. The molecular weight excluding hydrogens is 699 g/mol. The van der Waals surface area contributed by atoms with E-state index < -0.39 is 58.4 Å². The molecule has 0 radical (unpaired) electrons. The van der Waals surface area contributed by atoms with E-state index in [1.165, 1.54) is 6.92 Å². The summed E-state index contributed by atoms with van der Waals surface area (Å²) in [7, 11) is 0. The Morgan fingerprint density at radius 3 is 2.37 bits per heavy atom. The quantitative estimate of drug-likeness (QED) is 0.257. The van der Waals surface area contributed by atoms with Gasteiger partial charge in [-0.15, -0.1) is 0 Å². The fourth-order valence-corrected chi connectivity index (χ4v) is 6.89. The Bertz CT molecular complexity index is 1910. The van der Waals surface area contributed by atoms with E-state index >= 15 is 0 Å². The van der Waals surface area contributed by atoms with E-state index in [0.29, 0.717) is 49.2 Å². The molecule has 1 unspecified atom stereocenters. The number of rotatable bonds is 9. The summed E-state index contributed by atoms with van der Waals surface area (Å²) in [6.45, 7) is 2.82. The van der Waals surface area contributed by atoms with Crippen LogP contribution in [0.1, 0.15) is 71.7 Å². The van der Waals surface area contributed by atoms with Crippen molar-refractivity contribution in [3.63, 3.8) is 0 Å². The Kier molecular flexibility index (Phi) is 9.59. The van der Waals surface area contributed by atoms with Crippen molar-refractivity contribution >= 4 is 64.5 Å². The second kappa shape index (κ2) is 13.8. The highest BCUT2D eigenvalue weighted by atomic mass is 35.5. The monoisotopic (exact) mass is 729 g/mol. The van der Waals surface area contributed by atoms with Crippen molar-refractivity contribution in [3.8, 4) is 0 Å². The molecule has 7 amide bonds. The molecule has 18 heteroatoms. The fourth-order valence-electron chi connectivity index (χ4n) is 6.63. The number of carbonyl (C=O) groups is 7. The lowest BCUT2D eigenvalue weighted by molar-refractivity contribution is -0.138. The van der Waals surface area contributed by atoms with Gasteiger partial charge in [0.1, 0.15) is 17.0 Å². The summed E-state index contributed by atoms with van der Waals surface area (Å²) in [5.41, 5.74) is 2.37. The van der Waals surface area contributed by atoms with Crippen LogP contribution < -0.4 is 21.0 Å². The Morgan fingerprint density at radius 2 is 1.71 bits per heavy atom. The molecule has 1 aromatic heterocycles. The molecule has 4 aliphatic heterocycles. The Labute approximate surface area is 293 Å². The van der Waals surface area contributed by atoms with E-state index in [1.54, 1.807) is 18.2 Å². The molecule has 0 aliphatic carbocycles. The van der Waals surface area contributed by atoms with Crippen LogP contribution in [0.15, 0.2) is 41.5 Å². The van der Waals surface area contributed by atoms with Gasteiger partial charge >= 0.3 is 6.18 Å². The third kappa shape index (κ3) is 6.89. The summed E-state index contributed by atoms with van der Waals surface area (Å²) in [6.07, 6.45) is -3.49. The zero-order valence-electron chi connectivity index (χ0n) is 27.1. The number of benzene rings is 1. The molecule has 1 aromatic carbocycles. The van der Waals surface area contributed by atoms with Gasteiger partial charge in [0.05, 0.1) is 22.4 Å². The van der Waals surface area contributed by atoms with Crippen LogP contribution in [0.4, 0.5) is 24.7 Å². The number of amides is 7. The Hall–Kier alpha value is -5.32. The summed E-state index contributed by atoms with van der Waals surface area (Å²) in [5, 5.41) is 4.81. The number of carbonyl (C=O) groups excluding carboxylic acids is 7. The summed E-state index contributed by atoms with van der Waals surface area (Å²) in [6, 6.07) is 5.51. The van der Waals surface area contributed by atoms with E-state index in [9.17, 15) is 46.7 Å². The van der Waals surface area contributed by atoms with Gasteiger partial charge in [-0.2, -0.15) is 18.2 Å². The van der Waals surface area contributed by atoms with Gasteiger partial charge in [-0.1, -0.05) is 17.7 Å². The molecule has 2 saturated heterocycles. The van der Waals surface area contributed by atoms with Gasteiger partial charge in [0.25, 0.3) is 23.6 Å². The minimum atomic E-state index is -4.73. The smallest absolute Gasteiger partial charge is 0.371 e. The third-order valence-electron chi connectivity index (χ3n) is 9.41. The van der Waals surface area contributed by atoms with E-state index in [4.69, 9.17) is 11.6 Å². The number of imide groups is 3. The molecule has 4 aliphatic rings. The summed E-state index contributed by atoms with van der Waals surface area (Å²) in [4.78, 5) is 95.7. The molecule has 14 nitrogen and oxygen atoms in total. The average molecular weight is 730 g/mol. The molecule has 51 heavy (non-hydrogen) atoms. The molecule has 6 rings (SSSR count). The van der Waals surface area contributed by atoms with Gasteiger partial charge in [0, 0.05) is 43.6 Å².